The van der Waals surface area contributed by atoms with E-state index in [0.29, 0.717) is 12.0 Å². The third-order valence-corrected chi connectivity index (χ3v) is 7.08. The van der Waals surface area contributed by atoms with Crippen LogP contribution in [0.3, 0.4) is 0 Å². The molecular formula is C33H41F3. The first-order valence-electron chi connectivity index (χ1n) is 13.9. The van der Waals surface area contributed by atoms with Crippen LogP contribution in [0, 0.1) is 17.5 Å². The van der Waals surface area contributed by atoms with Gasteiger partial charge in [0.05, 0.1) is 0 Å². The molecule has 0 saturated carbocycles. The maximum atomic E-state index is 15.0. The van der Waals surface area contributed by atoms with Crippen molar-refractivity contribution >= 4 is 0 Å². The fraction of sp³-hybridized carbons (Fsp3) is 0.455. The SMILES string of the molecule is CCCCCCCCc1ccc(-c2ccc(-c3ccc(CCCCCCC)cc3)cc2F)c(F)c1F. The third kappa shape index (κ3) is 7.98. The summed E-state index contributed by atoms with van der Waals surface area (Å²) < 4.78 is 44.7. The molecule has 0 aromatic heterocycles. The van der Waals surface area contributed by atoms with E-state index in [4.69, 9.17) is 0 Å². The number of aryl methyl sites for hydroxylation is 2. The number of rotatable bonds is 15. The summed E-state index contributed by atoms with van der Waals surface area (Å²) in [6.45, 7) is 4.39. The first-order chi connectivity index (χ1) is 17.5. The van der Waals surface area contributed by atoms with Gasteiger partial charge in [-0.15, -0.1) is 0 Å². The molecule has 0 aliphatic carbocycles. The Bertz CT molecular complexity index is 1070. The van der Waals surface area contributed by atoms with Crippen LogP contribution in [0.15, 0.2) is 54.6 Å². The minimum atomic E-state index is -0.964. The van der Waals surface area contributed by atoms with E-state index in [-0.39, 0.29) is 11.1 Å². The Hall–Kier alpha value is -2.55. The summed E-state index contributed by atoms with van der Waals surface area (Å²) in [5.74, 6) is -2.36. The fourth-order valence-corrected chi connectivity index (χ4v) is 4.80. The second kappa shape index (κ2) is 14.9. The maximum Gasteiger partial charge on any atom is 0.167 e. The molecule has 3 heteroatoms. The highest BCUT2D eigenvalue weighted by Crippen LogP contribution is 2.32. The number of hydrogen-bond donors (Lipinski definition) is 0. The van der Waals surface area contributed by atoms with E-state index < -0.39 is 17.5 Å². The highest BCUT2D eigenvalue weighted by Gasteiger charge is 2.17. The van der Waals surface area contributed by atoms with Crippen LogP contribution in [0.25, 0.3) is 22.3 Å². The van der Waals surface area contributed by atoms with Gasteiger partial charge in [-0.2, -0.15) is 0 Å². The van der Waals surface area contributed by atoms with Gasteiger partial charge in [-0.25, -0.2) is 13.2 Å². The van der Waals surface area contributed by atoms with Gasteiger partial charge in [0.1, 0.15) is 5.82 Å². The Kier molecular flexibility index (Phi) is 11.6. The lowest BCUT2D eigenvalue weighted by molar-refractivity contribution is 0.496. The molecule has 3 rings (SSSR count). The Labute approximate surface area is 216 Å². The highest BCUT2D eigenvalue weighted by atomic mass is 19.2. The molecular weight excluding hydrogens is 453 g/mol. The molecule has 0 aliphatic heterocycles. The van der Waals surface area contributed by atoms with E-state index >= 15 is 4.39 Å². The first-order valence-corrected chi connectivity index (χ1v) is 13.9. The molecule has 3 aromatic rings. The van der Waals surface area contributed by atoms with Gasteiger partial charge in [0.25, 0.3) is 0 Å². The molecule has 36 heavy (non-hydrogen) atoms. The van der Waals surface area contributed by atoms with Gasteiger partial charge in [-0.1, -0.05) is 120 Å². The zero-order chi connectivity index (χ0) is 25.8. The first kappa shape index (κ1) is 28.0. The van der Waals surface area contributed by atoms with Crippen molar-refractivity contribution in [3.63, 3.8) is 0 Å². The largest absolute Gasteiger partial charge is 0.206 e. The minimum absolute atomic E-state index is 0.0262. The average molecular weight is 495 g/mol. The van der Waals surface area contributed by atoms with E-state index in [1.54, 1.807) is 18.2 Å². The van der Waals surface area contributed by atoms with Crippen LogP contribution in [-0.2, 0) is 12.8 Å². The second-order valence-corrected chi connectivity index (χ2v) is 9.97. The molecule has 0 fully saturated rings. The quantitative estimate of drug-likeness (QED) is 0.184. The predicted molar refractivity (Wildman–Crippen MR) is 147 cm³/mol. The third-order valence-electron chi connectivity index (χ3n) is 7.08. The summed E-state index contributed by atoms with van der Waals surface area (Å²) in [4.78, 5) is 0. The number of benzene rings is 3. The van der Waals surface area contributed by atoms with Crippen LogP contribution < -0.4 is 0 Å². The van der Waals surface area contributed by atoms with Gasteiger partial charge in [-0.05, 0) is 54.0 Å². The van der Waals surface area contributed by atoms with Crippen LogP contribution in [0.4, 0.5) is 13.2 Å². The van der Waals surface area contributed by atoms with Crippen molar-refractivity contribution in [3.8, 4) is 22.3 Å². The lowest BCUT2D eigenvalue weighted by atomic mass is 9.96. The summed E-state index contributed by atoms with van der Waals surface area (Å²) in [5, 5.41) is 0. The van der Waals surface area contributed by atoms with Crippen molar-refractivity contribution < 1.29 is 13.2 Å². The van der Waals surface area contributed by atoms with E-state index in [1.807, 2.05) is 12.1 Å². The Balaban J connectivity index is 1.64. The highest BCUT2D eigenvalue weighted by molar-refractivity contribution is 5.71. The molecule has 194 valence electrons. The van der Waals surface area contributed by atoms with E-state index in [1.165, 1.54) is 69.1 Å². The lowest BCUT2D eigenvalue weighted by Gasteiger charge is -2.11. The van der Waals surface area contributed by atoms with E-state index in [9.17, 15) is 8.78 Å². The van der Waals surface area contributed by atoms with Crippen molar-refractivity contribution in [1.82, 2.24) is 0 Å². The minimum Gasteiger partial charge on any atom is -0.206 e. The van der Waals surface area contributed by atoms with Crippen LogP contribution >= 0.6 is 0 Å². The zero-order valence-electron chi connectivity index (χ0n) is 22.0. The Morgan fingerprint density at radius 2 is 1.06 bits per heavy atom. The van der Waals surface area contributed by atoms with E-state index in [0.717, 1.165) is 36.8 Å². The molecule has 0 spiro atoms. The van der Waals surface area contributed by atoms with Gasteiger partial charge >= 0.3 is 0 Å². The normalized spacial score (nSPS) is 11.2. The summed E-state index contributed by atoms with van der Waals surface area (Å²) in [5.41, 5.74) is 3.36. The van der Waals surface area contributed by atoms with Crippen molar-refractivity contribution in [2.24, 2.45) is 0 Å². The van der Waals surface area contributed by atoms with Crippen molar-refractivity contribution in [3.05, 3.63) is 83.2 Å². The van der Waals surface area contributed by atoms with Gasteiger partial charge in [-0.3, -0.25) is 0 Å². The molecule has 0 radical (unpaired) electrons. The van der Waals surface area contributed by atoms with Gasteiger partial charge in [0.2, 0.25) is 0 Å². The molecule has 0 nitrogen and oxygen atoms in total. The van der Waals surface area contributed by atoms with Gasteiger partial charge in [0.15, 0.2) is 11.6 Å². The van der Waals surface area contributed by atoms with Crippen molar-refractivity contribution in [2.75, 3.05) is 0 Å². The number of unbranched alkanes of at least 4 members (excludes halogenated alkanes) is 9. The summed E-state index contributed by atoms with van der Waals surface area (Å²) in [7, 11) is 0. The fourth-order valence-electron chi connectivity index (χ4n) is 4.80. The zero-order valence-corrected chi connectivity index (χ0v) is 22.0. The molecule has 0 heterocycles. The summed E-state index contributed by atoms with van der Waals surface area (Å²) in [6, 6.07) is 16.1. The van der Waals surface area contributed by atoms with Gasteiger partial charge in [0, 0.05) is 11.1 Å². The van der Waals surface area contributed by atoms with Crippen LogP contribution in [-0.4, -0.2) is 0 Å². The molecule has 0 saturated heterocycles. The lowest BCUT2D eigenvalue weighted by Crippen LogP contribution is -1.99. The molecule has 0 atom stereocenters. The molecule has 0 unspecified atom stereocenters. The number of hydrogen-bond acceptors (Lipinski definition) is 0. The Morgan fingerprint density at radius 1 is 0.500 bits per heavy atom. The van der Waals surface area contributed by atoms with Crippen LogP contribution in [0.5, 0.6) is 0 Å². The summed E-state index contributed by atoms with van der Waals surface area (Å²) >= 11 is 0. The van der Waals surface area contributed by atoms with E-state index in [2.05, 4.69) is 26.0 Å². The maximum absolute atomic E-state index is 15.0. The smallest absolute Gasteiger partial charge is 0.167 e. The van der Waals surface area contributed by atoms with Crippen molar-refractivity contribution in [2.45, 2.75) is 97.3 Å². The molecule has 0 bridgehead atoms. The molecule has 0 amide bonds. The standard InChI is InChI=1S/C33H41F3/c1-3-5-7-9-11-13-15-27-20-23-30(33(36)32(27)35)29-22-21-28(24-31(29)34)26-18-16-25(17-19-26)14-12-10-8-6-4-2/h16-24H,3-15H2,1-2H3. The predicted octanol–water partition coefficient (Wildman–Crippen LogP) is 10.9. The summed E-state index contributed by atoms with van der Waals surface area (Å²) in [6.07, 6.45) is 14.4. The monoisotopic (exact) mass is 494 g/mol. The Morgan fingerprint density at radius 3 is 1.69 bits per heavy atom. The average Bonchev–Trinajstić information content (AvgIpc) is 2.89. The second-order valence-electron chi connectivity index (χ2n) is 9.97. The topological polar surface area (TPSA) is 0 Å². The van der Waals surface area contributed by atoms with Gasteiger partial charge < -0.3 is 0 Å². The van der Waals surface area contributed by atoms with Crippen LogP contribution in [0.2, 0.25) is 0 Å². The molecule has 3 aromatic carbocycles. The van der Waals surface area contributed by atoms with Crippen molar-refractivity contribution in [1.29, 1.82) is 0 Å². The van der Waals surface area contributed by atoms with Crippen LogP contribution in [0.1, 0.15) is 95.6 Å². The molecule has 0 N–H and O–H groups in total. The number of halogens is 3. The molecule has 0 aliphatic rings.